The van der Waals surface area contributed by atoms with Crippen molar-refractivity contribution in [3.8, 4) is 6.07 Å². The first kappa shape index (κ1) is 13.0. The molecule has 0 saturated carbocycles. The van der Waals surface area contributed by atoms with Crippen LogP contribution in [0.3, 0.4) is 0 Å². The molecule has 4 nitrogen and oxygen atoms in total. The Morgan fingerprint density at radius 3 is 2.56 bits per heavy atom. The van der Waals surface area contributed by atoms with Gasteiger partial charge in [-0.15, -0.1) is 0 Å². The molecule has 16 heavy (non-hydrogen) atoms. The summed E-state index contributed by atoms with van der Waals surface area (Å²) in [6, 6.07) is 7.25. The van der Waals surface area contributed by atoms with Crippen molar-refractivity contribution in [2.24, 2.45) is 0 Å². The standard InChI is InChI=1S/C11H13BrN2O2/c1-11(6-15,7-16)14-10-3-2-9(12)4-8(10)5-13/h2-4,14-16H,6-7H2,1H3. The largest absolute Gasteiger partial charge is 0.394 e. The lowest BCUT2D eigenvalue weighted by molar-refractivity contribution is 0.147. The third-order valence-electron chi connectivity index (χ3n) is 2.24. The zero-order chi connectivity index (χ0) is 12.2. The summed E-state index contributed by atoms with van der Waals surface area (Å²) in [5.41, 5.74) is 0.221. The van der Waals surface area contributed by atoms with Gasteiger partial charge in [-0.2, -0.15) is 5.26 Å². The maximum Gasteiger partial charge on any atom is 0.101 e. The number of hydrogen-bond acceptors (Lipinski definition) is 4. The maximum absolute atomic E-state index is 9.15. The Hall–Kier alpha value is -1.09. The highest BCUT2D eigenvalue weighted by Gasteiger charge is 2.22. The second kappa shape index (κ2) is 5.30. The maximum atomic E-state index is 9.15. The second-order valence-electron chi connectivity index (χ2n) is 3.80. The van der Waals surface area contributed by atoms with E-state index in [1.54, 1.807) is 25.1 Å². The van der Waals surface area contributed by atoms with E-state index in [4.69, 9.17) is 15.5 Å². The number of rotatable bonds is 4. The summed E-state index contributed by atoms with van der Waals surface area (Å²) < 4.78 is 0.810. The van der Waals surface area contributed by atoms with E-state index in [1.807, 2.05) is 0 Å². The van der Waals surface area contributed by atoms with Crippen molar-refractivity contribution in [2.45, 2.75) is 12.5 Å². The molecule has 1 aromatic rings. The summed E-state index contributed by atoms with van der Waals surface area (Å²) in [6.45, 7) is 1.24. The molecule has 86 valence electrons. The van der Waals surface area contributed by atoms with Gasteiger partial charge in [0, 0.05) is 4.47 Å². The third kappa shape index (κ3) is 2.95. The summed E-state index contributed by atoms with van der Waals surface area (Å²) in [5.74, 6) is 0. The number of nitrogens with zero attached hydrogens (tertiary/aromatic N) is 1. The number of anilines is 1. The highest BCUT2D eigenvalue weighted by molar-refractivity contribution is 9.10. The van der Waals surface area contributed by atoms with Crippen LogP contribution in [0.25, 0.3) is 0 Å². The van der Waals surface area contributed by atoms with Crippen LogP contribution in [-0.2, 0) is 0 Å². The molecule has 0 radical (unpaired) electrons. The Labute approximate surface area is 103 Å². The number of benzene rings is 1. The molecule has 3 N–H and O–H groups in total. The van der Waals surface area contributed by atoms with E-state index in [0.29, 0.717) is 11.3 Å². The van der Waals surface area contributed by atoms with Crippen LogP contribution in [0.1, 0.15) is 12.5 Å². The van der Waals surface area contributed by atoms with Crippen molar-refractivity contribution < 1.29 is 10.2 Å². The van der Waals surface area contributed by atoms with Gasteiger partial charge in [0.2, 0.25) is 0 Å². The normalized spacial score (nSPS) is 10.9. The van der Waals surface area contributed by atoms with E-state index in [0.717, 1.165) is 4.47 Å². The van der Waals surface area contributed by atoms with Crippen molar-refractivity contribution in [1.29, 1.82) is 5.26 Å². The lowest BCUT2D eigenvalue weighted by Crippen LogP contribution is -2.42. The van der Waals surface area contributed by atoms with Crippen molar-refractivity contribution >= 4 is 21.6 Å². The average molecular weight is 285 g/mol. The Morgan fingerprint density at radius 2 is 2.06 bits per heavy atom. The predicted molar refractivity (Wildman–Crippen MR) is 65.1 cm³/mol. The van der Waals surface area contributed by atoms with Gasteiger partial charge < -0.3 is 15.5 Å². The molecule has 1 rings (SSSR count). The topological polar surface area (TPSA) is 76.3 Å². The molecule has 0 spiro atoms. The molecule has 0 unspecified atom stereocenters. The number of nitrogens with one attached hydrogen (secondary N) is 1. The van der Waals surface area contributed by atoms with Crippen molar-refractivity contribution in [3.05, 3.63) is 28.2 Å². The number of halogens is 1. The van der Waals surface area contributed by atoms with Gasteiger partial charge in [-0.25, -0.2) is 0 Å². The van der Waals surface area contributed by atoms with Crippen LogP contribution in [0.2, 0.25) is 0 Å². The predicted octanol–water partition coefficient (Wildman–Crippen LogP) is 1.48. The molecule has 0 aliphatic heterocycles. The zero-order valence-corrected chi connectivity index (χ0v) is 10.5. The molecule has 0 fully saturated rings. The Bertz CT molecular complexity index is 411. The molecule has 0 aromatic heterocycles. The van der Waals surface area contributed by atoms with Gasteiger partial charge in [0.25, 0.3) is 0 Å². The number of nitriles is 1. The van der Waals surface area contributed by atoms with Gasteiger partial charge in [0.15, 0.2) is 0 Å². The van der Waals surface area contributed by atoms with Crippen LogP contribution in [-0.4, -0.2) is 29.0 Å². The minimum atomic E-state index is -0.834. The first-order valence-corrected chi connectivity index (χ1v) is 5.53. The van der Waals surface area contributed by atoms with Gasteiger partial charge in [0.05, 0.1) is 30.0 Å². The van der Waals surface area contributed by atoms with E-state index in [9.17, 15) is 0 Å². The molecule has 1 aromatic carbocycles. The number of aliphatic hydroxyl groups excluding tert-OH is 2. The summed E-state index contributed by atoms with van der Waals surface area (Å²) >= 11 is 3.27. The number of aliphatic hydroxyl groups is 2. The summed E-state index contributed by atoms with van der Waals surface area (Å²) in [5, 5.41) is 30.2. The SMILES string of the molecule is CC(CO)(CO)Nc1ccc(Br)cc1C#N. The van der Waals surface area contributed by atoms with E-state index < -0.39 is 5.54 Å². The third-order valence-corrected chi connectivity index (χ3v) is 2.73. The molecule has 0 aliphatic carbocycles. The fourth-order valence-corrected chi connectivity index (χ4v) is 1.53. The van der Waals surface area contributed by atoms with Gasteiger partial charge in [-0.05, 0) is 25.1 Å². The lowest BCUT2D eigenvalue weighted by Gasteiger charge is -2.28. The van der Waals surface area contributed by atoms with Crippen LogP contribution in [0.4, 0.5) is 5.69 Å². The molecular weight excluding hydrogens is 272 g/mol. The van der Waals surface area contributed by atoms with E-state index >= 15 is 0 Å². The minimum Gasteiger partial charge on any atom is -0.394 e. The van der Waals surface area contributed by atoms with Gasteiger partial charge in [0.1, 0.15) is 6.07 Å². The van der Waals surface area contributed by atoms with Crippen LogP contribution >= 0.6 is 15.9 Å². The first-order chi connectivity index (χ1) is 7.54. The Balaban J connectivity index is 3.02. The summed E-state index contributed by atoms with van der Waals surface area (Å²) in [6.07, 6.45) is 0. The highest BCUT2D eigenvalue weighted by atomic mass is 79.9. The van der Waals surface area contributed by atoms with Gasteiger partial charge >= 0.3 is 0 Å². The zero-order valence-electron chi connectivity index (χ0n) is 8.87. The number of hydrogen-bond donors (Lipinski definition) is 3. The quantitative estimate of drug-likeness (QED) is 0.783. The van der Waals surface area contributed by atoms with Gasteiger partial charge in [-0.1, -0.05) is 15.9 Å². The second-order valence-corrected chi connectivity index (χ2v) is 4.72. The molecule has 0 aliphatic rings. The molecule has 0 bridgehead atoms. The van der Waals surface area contributed by atoms with E-state index in [2.05, 4.69) is 27.3 Å². The van der Waals surface area contributed by atoms with Crippen LogP contribution in [0.15, 0.2) is 22.7 Å². The van der Waals surface area contributed by atoms with Crippen molar-refractivity contribution in [1.82, 2.24) is 0 Å². The molecule has 0 saturated heterocycles. The fraction of sp³-hybridized carbons (Fsp3) is 0.364. The first-order valence-electron chi connectivity index (χ1n) is 4.74. The summed E-state index contributed by atoms with van der Waals surface area (Å²) in [7, 11) is 0. The molecule has 0 atom stereocenters. The smallest absolute Gasteiger partial charge is 0.101 e. The van der Waals surface area contributed by atoms with E-state index in [1.165, 1.54) is 0 Å². The van der Waals surface area contributed by atoms with Gasteiger partial charge in [-0.3, -0.25) is 0 Å². The molecule has 0 amide bonds. The monoisotopic (exact) mass is 284 g/mol. The lowest BCUT2D eigenvalue weighted by atomic mass is 10.0. The molecule has 0 heterocycles. The average Bonchev–Trinajstić information content (AvgIpc) is 2.31. The molecule has 5 heteroatoms. The summed E-state index contributed by atoms with van der Waals surface area (Å²) in [4.78, 5) is 0. The van der Waals surface area contributed by atoms with Crippen LogP contribution in [0.5, 0.6) is 0 Å². The molecular formula is C11H13BrN2O2. The highest BCUT2D eigenvalue weighted by Crippen LogP contribution is 2.23. The van der Waals surface area contributed by atoms with E-state index in [-0.39, 0.29) is 13.2 Å². The van der Waals surface area contributed by atoms with Crippen LogP contribution in [0, 0.1) is 11.3 Å². The fourth-order valence-electron chi connectivity index (χ4n) is 1.17. The Kier molecular flexibility index (Phi) is 4.30. The van der Waals surface area contributed by atoms with Crippen molar-refractivity contribution in [3.63, 3.8) is 0 Å². The minimum absolute atomic E-state index is 0.218. The van der Waals surface area contributed by atoms with Crippen LogP contribution < -0.4 is 5.32 Å². The Morgan fingerprint density at radius 1 is 1.44 bits per heavy atom. The van der Waals surface area contributed by atoms with Crippen molar-refractivity contribution in [2.75, 3.05) is 18.5 Å².